The van der Waals surface area contributed by atoms with Crippen LogP contribution in [0.5, 0.6) is 0 Å². The summed E-state index contributed by atoms with van der Waals surface area (Å²) in [5.74, 6) is 0. The number of aromatic amines is 1. The molecule has 3 rings (SSSR count). The van der Waals surface area contributed by atoms with Crippen LogP contribution in [0.1, 0.15) is 31.7 Å². The number of hydrogen-bond donors (Lipinski definition) is 1. The summed E-state index contributed by atoms with van der Waals surface area (Å²) in [6.07, 6.45) is 4.60. The Kier molecular flexibility index (Phi) is 4.68. The van der Waals surface area contributed by atoms with Gasteiger partial charge in [-0.25, -0.2) is 9.78 Å². The van der Waals surface area contributed by atoms with E-state index in [0.717, 1.165) is 30.4 Å². The molecule has 24 heavy (non-hydrogen) atoms. The van der Waals surface area contributed by atoms with E-state index >= 15 is 0 Å². The Morgan fingerprint density at radius 1 is 1.29 bits per heavy atom. The van der Waals surface area contributed by atoms with Gasteiger partial charge in [0.1, 0.15) is 0 Å². The molecule has 0 aliphatic rings. The normalized spacial score (nSPS) is 10.9. The Hall–Kier alpha value is -2.58. The number of nitrogens with zero attached hydrogens (tertiary/aromatic N) is 3. The zero-order chi connectivity index (χ0) is 17.1. The number of nitriles is 1. The highest BCUT2D eigenvalue weighted by Crippen LogP contribution is 2.33. The van der Waals surface area contributed by atoms with Crippen molar-refractivity contribution < 1.29 is 0 Å². The topological polar surface area (TPSA) is 74.5 Å². The van der Waals surface area contributed by atoms with E-state index in [9.17, 15) is 4.79 Å². The lowest BCUT2D eigenvalue weighted by atomic mass is 10.0. The molecule has 1 aromatic carbocycles. The van der Waals surface area contributed by atoms with Crippen molar-refractivity contribution in [1.29, 1.82) is 5.26 Å². The maximum absolute atomic E-state index is 12.3. The molecular weight excluding hydrogens is 324 g/mol. The number of halogens is 1. The van der Waals surface area contributed by atoms with Gasteiger partial charge in [-0.05, 0) is 24.1 Å². The second kappa shape index (κ2) is 6.90. The number of fused-ring (bicyclic) bond motifs is 1. The number of nitrogens with one attached hydrogen (secondary N) is 1. The van der Waals surface area contributed by atoms with Gasteiger partial charge < -0.3 is 0 Å². The van der Waals surface area contributed by atoms with Crippen molar-refractivity contribution in [1.82, 2.24) is 14.5 Å². The van der Waals surface area contributed by atoms with Crippen molar-refractivity contribution in [3.63, 3.8) is 0 Å². The maximum Gasteiger partial charge on any atom is 0.327 e. The minimum Gasteiger partial charge on any atom is -0.290 e. The summed E-state index contributed by atoms with van der Waals surface area (Å²) in [4.78, 5) is 19.4. The van der Waals surface area contributed by atoms with Gasteiger partial charge in [-0.3, -0.25) is 9.55 Å². The monoisotopic (exact) mass is 340 g/mol. The minimum absolute atomic E-state index is 0.175. The molecule has 0 radical (unpaired) electrons. The molecular formula is C18H17ClN4O. The van der Waals surface area contributed by atoms with Crippen LogP contribution in [0.3, 0.4) is 0 Å². The van der Waals surface area contributed by atoms with Crippen molar-refractivity contribution in [3.8, 4) is 17.2 Å². The predicted molar refractivity (Wildman–Crippen MR) is 95.0 cm³/mol. The van der Waals surface area contributed by atoms with E-state index in [2.05, 4.69) is 23.0 Å². The molecule has 0 aliphatic carbocycles. The summed E-state index contributed by atoms with van der Waals surface area (Å²) in [7, 11) is 0. The zero-order valence-corrected chi connectivity index (χ0v) is 14.1. The van der Waals surface area contributed by atoms with Gasteiger partial charge in [-0.2, -0.15) is 5.26 Å². The zero-order valence-electron chi connectivity index (χ0n) is 13.3. The Bertz CT molecular complexity index is 964. The van der Waals surface area contributed by atoms with Crippen LogP contribution in [0.4, 0.5) is 0 Å². The molecule has 0 aliphatic heterocycles. The molecule has 122 valence electrons. The lowest BCUT2D eigenvalue weighted by Crippen LogP contribution is -2.17. The standard InChI is InChI=1S/C18H17ClN4O/c1-2-3-4-9-23-16-15(13-7-5-12(10-20)6-8-13)14(19)11-21-17(16)22-18(23)24/h5-8,11H,2-4,9H2,1H3,(H,21,22,24). The quantitative estimate of drug-likeness (QED) is 0.710. The molecule has 3 aromatic rings. The molecule has 2 heterocycles. The van der Waals surface area contributed by atoms with Gasteiger partial charge in [0, 0.05) is 18.3 Å². The van der Waals surface area contributed by atoms with Gasteiger partial charge in [-0.1, -0.05) is 43.5 Å². The average molecular weight is 341 g/mol. The number of aryl methyl sites for hydroxylation is 1. The second-order valence-corrected chi connectivity index (χ2v) is 6.06. The molecule has 1 N–H and O–H groups in total. The molecule has 0 amide bonds. The van der Waals surface area contributed by atoms with Crippen molar-refractivity contribution in [3.05, 3.63) is 51.5 Å². The highest BCUT2D eigenvalue weighted by Gasteiger charge is 2.16. The number of benzene rings is 1. The third-order valence-electron chi connectivity index (χ3n) is 4.04. The van der Waals surface area contributed by atoms with Crippen LogP contribution in [-0.2, 0) is 6.54 Å². The lowest BCUT2D eigenvalue weighted by Gasteiger charge is -2.10. The smallest absolute Gasteiger partial charge is 0.290 e. The van der Waals surface area contributed by atoms with Crippen molar-refractivity contribution in [2.75, 3.05) is 0 Å². The number of H-pyrrole nitrogens is 1. The summed E-state index contributed by atoms with van der Waals surface area (Å²) in [5.41, 5.74) is 3.27. The van der Waals surface area contributed by atoms with Gasteiger partial charge in [0.25, 0.3) is 0 Å². The molecule has 0 bridgehead atoms. The third kappa shape index (κ3) is 2.93. The predicted octanol–water partition coefficient (Wildman–Crippen LogP) is 4.11. The van der Waals surface area contributed by atoms with Gasteiger partial charge in [0.15, 0.2) is 5.65 Å². The highest BCUT2D eigenvalue weighted by atomic mass is 35.5. The van der Waals surface area contributed by atoms with E-state index in [1.54, 1.807) is 22.9 Å². The number of hydrogen-bond acceptors (Lipinski definition) is 3. The van der Waals surface area contributed by atoms with Crippen LogP contribution in [0.15, 0.2) is 35.3 Å². The first-order valence-corrected chi connectivity index (χ1v) is 8.31. The number of pyridine rings is 1. The van der Waals surface area contributed by atoms with E-state index in [-0.39, 0.29) is 5.69 Å². The number of unbranched alkanes of at least 4 members (excludes halogenated alkanes) is 2. The van der Waals surface area contributed by atoms with Crippen LogP contribution >= 0.6 is 11.6 Å². The number of aromatic nitrogens is 3. The highest BCUT2D eigenvalue weighted by molar-refractivity contribution is 6.34. The van der Waals surface area contributed by atoms with Gasteiger partial charge in [0.2, 0.25) is 0 Å². The summed E-state index contributed by atoms with van der Waals surface area (Å²) in [6, 6.07) is 9.26. The fourth-order valence-electron chi connectivity index (χ4n) is 2.82. The largest absolute Gasteiger partial charge is 0.327 e. The fourth-order valence-corrected chi connectivity index (χ4v) is 3.07. The number of imidazole rings is 1. The molecule has 0 atom stereocenters. The van der Waals surface area contributed by atoms with Gasteiger partial charge in [0.05, 0.1) is 22.2 Å². The second-order valence-electron chi connectivity index (χ2n) is 5.66. The molecule has 0 fully saturated rings. The molecule has 0 spiro atoms. The molecule has 0 unspecified atom stereocenters. The molecule has 5 nitrogen and oxygen atoms in total. The third-order valence-corrected chi connectivity index (χ3v) is 4.32. The van der Waals surface area contributed by atoms with E-state index < -0.39 is 0 Å². The van der Waals surface area contributed by atoms with Crippen molar-refractivity contribution in [2.45, 2.75) is 32.7 Å². The van der Waals surface area contributed by atoms with Crippen LogP contribution < -0.4 is 5.69 Å². The van der Waals surface area contributed by atoms with Gasteiger partial charge >= 0.3 is 5.69 Å². The number of rotatable bonds is 5. The van der Waals surface area contributed by atoms with E-state index in [4.69, 9.17) is 16.9 Å². The van der Waals surface area contributed by atoms with Crippen LogP contribution in [-0.4, -0.2) is 14.5 Å². The Balaban J connectivity index is 2.20. The Labute approximate surface area is 144 Å². The summed E-state index contributed by atoms with van der Waals surface area (Å²) in [6.45, 7) is 2.75. The van der Waals surface area contributed by atoms with Gasteiger partial charge in [-0.15, -0.1) is 0 Å². The SMILES string of the molecule is CCCCCn1c(=O)[nH]c2ncc(Cl)c(-c3ccc(C#N)cc3)c21. The summed E-state index contributed by atoms with van der Waals surface area (Å²) < 4.78 is 1.71. The van der Waals surface area contributed by atoms with Crippen LogP contribution in [0.25, 0.3) is 22.3 Å². The first-order valence-electron chi connectivity index (χ1n) is 7.93. The van der Waals surface area contributed by atoms with Crippen LogP contribution in [0, 0.1) is 11.3 Å². The van der Waals surface area contributed by atoms with E-state index in [1.165, 1.54) is 0 Å². The molecule has 2 aromatic heterocycles. The van der Waals surface area contributed by atoms with Crippen molar-refractivity contribution >= 4 is 22.8 Å². The summed E-state index contributed by atoms with van der Waals surface area (Å²) >= 11 is 6.40. The maximum atomic E-state index is 12.3. The average Bonchev–Trinajstić information content (AvgIpc) is 2.91. The van der Waals surface area contributed by atoms with Crippen molar-refractivity contribution in [2.24, 2.45) is 0 Å². The minimum atomic E-state index is -0.175. The lowest BCUT2D eigenvalue weighted by molar-refractivity contribution is 0.601. The Morgan fingerprint density at radius 3 is 2.71 bits per heavy atom. The summed E-state index contributed by atoms with van der Waals surface area (Å²) in [5, 5.41) is 9.44. The first-order chi connectivity index (χ1) is 11.7. The molecule has 0 saturated carbocycles. The molecule has 6 heteroatoms. The van der Waals surface area contributed by atoms with E-state index in [0.29, 0.717) is 28.3 Å². The fraction of sp³-hybridized carbons (Fsp3) is 0.278. The Morgan fingerprint density at radius 2 is 2.04 bits per heavy atom. The van der Waals surface area contributed by atoms with E-state index in [1.807, 2.05) is 12.1 Å². The molecule has 0 saturated heterocycles. The van der Waals surface area contributed by atoms with Crippen LogP contribution in [0.2, 0.25) is 5.02 Å². The first kappa shape index (κ1) is 16.3.